The second-order valence-electron chi connectivity index (χ2n) is 8.84. The first kappa shape index (κ1) is 20.8. The summed E-state index contributed by atoms with van der Waals surface area (Å²) in [5.74, 6) is 0.349. The molecule has 0 bridgehead atoms. The molecule has 0 amide bonds. The van der Waals surface area contributed by atoms with E-state index in [4.69, 9.17) is 11.0 Å². The molecule has 0 saturated carbocycles. The van der Waals surface area contributed by atoms with Crippen molar-refractivity contribution in [1.29, 1.82) is 5.26 Å². The molecular weight excluding hydrogens is 456 g/mol. The zero-order valence-electron chi connectivity index (χ0n) is 19.4. The Bertz CT molecular complexity index is 2130. The third-order valence-corrected chi connectivity index (χ3v) is 6.83. The first-order valence-electron chi connectivity index (χ1n) is 11.8. The maximum Gasteiger partial charge on any atom is 0.270 e. The third-order valence-electron chi connectivity index (χ3n) is 6.83. The Kier molecular flexibility index (Phi) is 4.51. The SMILES string of the molecule is [C-]#[N+]c1cc(-c2c3ccccc3c(-c3ccnc(C#N)c3)c3cc4oc5ccccc5c4cc23)ccn1. The third kappa shape index (κ3) is 3.16. The normalized spacial score (nSPS) is 11.2. The minimum atomic E-state index is 0.349. The molecule has 0 atom stereocenters. The van der Waals surface area contributed by atoms with Crippen molar-refractivity contribution in [2.75, 3.05) is 0 Å². The first-order chi connectivity index (χ1) is 18.2. The summed E-state index contributed by atoms with van der Waals surface area (Å²) in [4.78, 5) is 12.0. The van der Waals surface area contributed by atoms with Crippen molar-refractivity contribution in [2.24, 2.45) is 0 Å². The van der Waals surface area contributed by atoms with Gasteiger partial charge in [-0.1, -0.05) is 49.0 Å². The number of nitrogens with zero attached hydrogens (tertiary/aromatic N) is 4. The van der Waals surface area contributed by atoms with Gasteiger partial charge in [0, 0.05) is 17.0 Å². The molecule has 5 nitrogen and oxygen atoms in total. The number of rotatable bonds is 2. The van der Waals surface area contributed by atoms with Crippen LogP contribution in [0.15, 0.2) is 102 Å². The molecule has 0 spiro atoms. The standard InChI is InChI=1S/C32H16N4O/c1-34-30-15-20(11-13-36-30)32-24-8-3-2-7-23(24)31(19-10-12-35-21(14-19)18-33)27-17-29-25(16-26(27)32)22-6-4-5-9-28(22)37-29/h2-17H. The van der Waals surface area contributed by atoms with Gasteiger partial charge >= 0.3 is 0 Å². The summed E-state index contributed by atoms with van der Waals surface area (Å²) in [5.41, 5.74) is 5.86. The van der Waals surface area contributed by atoms with Gasteiger partial charge < -0.3 is 9.26 Å². The smallest absolute Gasteiger partial charge is 0.270 e. The molecule has 4 aromatic carbocycles. The van der Waals surface area contributed by atoms with E-state index in [2.05, 4.69) is 51.2 Å². The molecule has 3 heterocycles. The second kappa shape index (κ2) is 8.02. The summed E-state index contributed by atoms with van der Waals surface area (Å²) in [7, 11) is 0. The summed E-state index contributed by atoms with van der Waals surface area (Å²) in [5, 5.41) is 15.7. The molecule has 0 fully saturated rings. The van der Waals surface area contributed by atoms with E-state index in [1.165, 1.54) is 0 Å². The van der Waals surface area contributed by atoms with Crippen LogP contribution < -0.4 is 0 Å². The van der Waals surface area contributed by atoms with Crippen LogP contribution in [0.2, 0.25) is 0 Å². The monoisotopic (exact) mass is 472 g/mol. The van der Waals surface area contributed by atoms with Crippen LogP contribution in [0.4, 0.5) is 5.82 Å². The summed E-state index contributed by atoms with van der Waals surface area (Å²) in [6, 6.07) is 30.3. The number of hydrogen-bond donors (Lipinski definition) is 0. The zero-order valence-corrected chi connectivity index (χ0v) is 19.4. The Morgan fingerprint density at radius 3 is 2.03 bits per heavy atom. The highest BCUT2D eigenvalue weighted by Crippen LogP contribution is 2.46. The lowest BCUT2D eigenvalue weighted by molar-refractivity contribution is 0.669. The van der Waals surface area contributed by atoms with Gasteiger partial charge in [0.25, 0.3) is 5.82 Å². The molecule has 0 saturated heterocycles. The molecule has 3 aromatic heterocycles. The number of pyridine rings is 2. The summed E-state index contributed by atoms with van der Waals surface area (Å²) < 4.78 is 6.28. The van der Waals surface area contributed by atoms with E-state index >= 15 is 0 Å². The summed E-state index contributed by atoms with van der Waals surface area (Å²) >= 11 is 0. The number of nitriles is 1. The molecule has 170 valence electrons. The predicted octanol–water partition coefficient (Wildman–Crippen LogP) is 8.44. The van der Waals surface area contributed by atoms with Crippen LogP contribution in [-0.4, -0.2) is 9.97 Å². The Morgan fingerprint density at radius 1 is 0.649 bits per heavy atom. The van der Waals surface area contributed by atoms with E-state index in [1.54, 1.807) is 12.4 Å². The fourth-order valence-corrected chi connectivity index (χ4v) is 5.30. The van der Waals surface area contributed by atoms with Crippen LogP contribution in [0, 0.1) is 17.9 Å². The van der Waals surface area contributed by atoms with E-state index in [9.17, 15) is 5.26 Å². The van der Waals surface area contributed by atoms with E-state index in [0.29, 0.717) is 11.5 Å². The van der Waals surface area contributed by atoms with Gasteiger partial charge in [0.05, 0.1) is 0 Å². The van der Waals surface area contributed by atoms with Gasteiger partial charge in [0.2, 0.25) is 0 Å². The number of furan rings is 1. The van der Waals surface area contributed by atoms with Crippen molar-refractivity contribution in [3.8, 4) is 28.3 Å². The largest absolute Gasteiger partial charge is 0.456 e. The molecule has 7 aromatic rings. The van der Waals surface area contributed by atoms with Gasteiger partial charge in [-0.25, -0.2) is 4.98 Å². The predicted molar refractivity (Wildman–Crippen MR) is 146 cm³/mol. The minimum absolute atomic E-state index is 0.349. The fourth-order valence-electron chi connectivity index (χ4n) is 5.30. The van der Waals surface area contributed by atoms with Crippen LogP contribution >= 0.6 is 0 Å². The molecule has 5 heteroatoms. The number of para-hydroxylation sites is 1. The van der Waals surface area contributed by atoms with Crippen LogP contribution in [0.1, 0.15) is 5.69 Å². The van der Waals surface area contributed by atoms with Crippen LogP contribution in [0.25, 0.3) is 70.6 Å². The number of aromatic nitrogens is 2. The fraction of sp³-hybridized carbons (Fsp3) is 0. The molecule has 37 heavy (non-hydrogen) atoms. The summed E-state index contributed by atoms with van der Waals surface area (Å²) in [6.07, 6.45) is 3.36. The van der Waals surface area contributed by atoms with Crippen molar-refractivity contribution >= 4 is 49.3 Å². The molecule has 0 N–H and O–H groups in total. The van der Waals surface area contributed by atoms with Gasteiger partial charge in [0.15, 0.2) is 0 Å². The van der Waals surface area contributed by atoms with Gasteiger partial charge in [-0.05, 0) is 86.3 Å². The Balaban J connectivity index is 1.74. The summed E-state index contributed by atoms with van der Waals surface area (Å²) in [6.45, 7) is 7.51. The van der Waals surface area contributed by atoms with Gasteiger partial charge in [-0.3, -0.25) is 0 Å². The molecule has 0 aliphatic carbocycles. The van der Waals surface area contributed by atoms with Crippen molar-refractivity contribution in [2.45, 2.75) is 0 Å². The van der Waals surface area contributed by atoms with Crippen molar-refractivity contribution in [3.63, 3.8) is 0 Å². The Hall–Kier alpha value is -5.52. The van der Waals surface area contributed by atoms with Crippen molar-refractivity contribution in [3.05, 3.63) is 114 Å². The highest BCUT2D eigenvalue weighted by atomic mass is 16.3. The zero-order chi connectivity index (χ0) is 24.9. The van der Waals surface area contributed by atoms with E-state index in [1.807, 2.05) is 54.6 Å². The van der Waals surface area contributed by atoms with Crippen LogP contribution in [0.5, 0.6) is 0 Å². The van der Waals surface area contributed by atoms with Gasteiger partial charge in [-0.2, -0.15) is 5.26 Å². The maximum absolute atomic E-state index is 9.54. The van der Waals surface area contributed by atoms with Gasteiger partial charge in [-0.15, -0.1) is 4.98 Å². The lowest BCUT2D eigenvalue weighted by atomic mass is 9.85. The van der Waals surface area contributed by atoms with E-state index in [-0.39, 0.29) is 0 Å². The second-order valence-corrected chi connectivity index (χ2v) is 8.84. The number of fused-ring (bicyclic) bond motifs is 5. The Morgan fingerprint density at radius 2 is 1.30 bits per heavy atom. The molecule has 0 aliphatic heterocycles. The lowest BCUT2D eigenvalue weighted by Gasteiger charge is -2.18. The van der Waals surface area contributed by atoms with Gasteiger partial charge in [0.1, 0.15) is 29.1 Å². The molecule has 0 radical (unpaired) electrons. The molecular formula is C32H16N4O. The van der Waals surface area contributed by atoms with Crippen LogP contribution in [-0.2, 0) is 0 Å². The molecule has 7 rings (SSSR count). The molecule has 0 aliphatic rings. The van der Waals surface area contributed by atoms with Crippen molar-refractivity contribution < 1.29 is 4.42 Å². The lowest BCUT2D eigenvalue weighted by Crippen LogP contribution is -1.92. The van der Waals surface area contributed by atoms with Crippen LogP contribution in [0.3, 0.4) is 0 Å². The van der Waals surface area contributed by atoms with E-state index in [0.717, 1.165) is 65.7 Å². The first-order valence-corrected chi connectivity index (χ1v) is 11.8. The average Bonchev–Trinajstić information content (AvgIpc) is 3.32. The minimum Gasteiger partial charge on any atom is -0.456 e. The maximum atomic E-state index is 9.54. The average molecular weight is 473 g/mol. The quantitative estimate of drug-likeness (QED) is 0.187. The number of benzene rings is 4. The van der Waals surface area contributed by atoms with Crippen molar-refractivity contribution in [1.82, 2.24) is 9.97 Å². The van der Waals surface area contributed by atoms with E-state index < -0.39 is 0 Å². The Labute approximate surface area is 211 Å². The molecule has 0 unspecified atom stereocenters. The highest BCUT2D eigenvalue weighted by molar-refractivity contribution is 6.24. The number of hydrogen-bond acceptors (Lipinski definition) is 4. The highest BCUT2D eigenvalue weighted by Gasteiger charge is 2.20. The topological polar surface area (TPSA) is 67.1 Å².